The van der Waals surface area contributed by atoms with Gasteiger partial charge in [0.2, 0.25) is 0 Å². The SMILES string of the molecule is COc1ccc(C(C)C)cc1Cc1nc(C(=O)O)cs1. The number of carboxylic acids is 1. The molecule has 0 aliphatic heterocycles. The molecule has 0 amide bonds. The molecule has 0 fully saturated rings. The summed E-state index contributed by atoms with van der Waals surface area (Å²) in [7, 11) is 1.64. The van der Waals surface area contributed by atoms with Gasteiger partial charge in [-0.15, -0.1) is 11.3 Å². The maximum Gasteiger partial charge on any atom is 0.355 e. The number of carboxylic acid groups (broad SMARTS) is 1. The Balaban J connectivity index is 2.30. The van der Waals surface area contributed by atoms with Crippen molar-refractivity contribution in [1.29, 1.82) is 0 Å². The summed E-state index contributed by atoms with van der Waals surface area (Å²) in [6, 6.07) is 6.11. The maximum atomic E-state index is 10.9. The molecule has 5 heteroatoms. The monoisotopic (exact) mass is 291 g/mol. The number of hydrogen-bond acceptors (Lipinski definition) is 4. The largest absolute Gasteiger partial charge is 0.496 e. The highest BCUT2D eigenvalue weighted by atomic mass is 32.1. The Kier molecular flexibility index (Phi) is 4.39. The third-order valence-electron chi connectivity index (χ3n) is 3.08. The second kappa shape index (κ2) is 6.05. The van der Waals surface area contributed by atoms with Crippen molar-refractivity contribution in [3.8, 4) is 5.75 Å². The molecule has 1 N–H and O–H groups in total. The fourth-order valence-electron chi connectivity index (χ4n) is 1.95. The lowest BCUT2D eigenvalue weighted by Crippen LogP contribution is -1.99. The lowest BCUT2D eigenvalue weighted by atomic mass is 9.99. The highest BCUT2D eigenvalue weighted by Gasteiger charge is 2.12. The smallest absolute Gasteiger partial charge is 0.355 e. The van der Waals surface area contributed by atoms with Crippen LogP contribution in [0.25, 0.3) is 0 Å². The average Bonchev–Trinajstić information content (AvgIpc) is 2.87. The number of hydrogen-bond donors (Lipinski definition) is 1. The summed E-state index contributed by atoms with van der Waals surface area (Å²) in [6.07, 6.45) is 0.585. The van der Waals surface area contributed by atoms with E-state index >= 15 is 0 Å². The van der Waals surface area contributed by atoms with E-state index < -0.39 is 5.97 Å². The Labute approximate surface area is 122 Å². The zero-order valence-corrected chi connectivity index (χ0v) is 12.5. The Bertz CT molecular complexity index is 619. The van der Waals surface area contributed by atoms with Gasteiger partial charge in [-0.05, 0) is 17.5 Å². The highest BCUT2D eigenvalue weighted by molar-refractivity contribution is 7.09. The molecule has 2 rings (SSSR count). The molecule has 0 saturated carbocycles. The summed E-state index contributed by atoms with van der Waals surface area (Å²) in [5, 5.41) is 11.2. The highest BCUT2D eigenvalue weighted by Crippen LogP contribution is 2.27. The average molecular weight is 291 g/mol. The van der Waals surface area contributed by atoms with Gasteiger partial charge in [0.15, 0.2) is 5.69 Å². The van der Waals surface area contributed by atoms with Gasteiger partial charge in [0, 0.05) is 17.4 Å². The van der Waals surface area contributed by atoms with E-state index in [-0.39, 0.29) is 5.69 Å². The third kappa shape index (κ3) is 3.17. The van der Waals surface area contributed by atoms with E-state index in [4.69, 9.17) is 9.84 Å². The number of thiazole rings is 1. The first-order valence-corrected chi connectivity index (χ1v) is 7.23. The van der Waals surface area contributed by atoms with E-state index in [1.54, 1.807) is 12.5 Å². The number of benzene rings is 1. The Morgan fingerprint density at radius 1 is 1.45 bits per heavy atom. The topological polar surface area (TPSA) is 59.4 Å². The number of carbonyl (C=O) groups is 1. The normalized spacial score (nSPS) is 10.8. The fourth-order valence-corrected chi connectivity index (χ4v) is 2.74. The zero-order chi connectivity index (χ0) is 14.7. The summed E-state index contributed by atoms with van der Waals surface area (Å²) < 4.78 is 5.37. The molecule has 0 aliphatic carbocycles. The van der Waals surface area contributed by atoms with Gasteiger partial charge in [0.1, 0.15) is 5.75 Å². The van der Waals surface area contributed by atoms with Gasteiger partial charge < -0.3 is 9.84 Å². The van der Waals surface area contributed by atoms with Crippen molar-refractivity contribution < 1.29 is 14.6 Å². The van der Waals surface area contributed by atoms with Crippen LogP contribution in [0.3, 0.4) is 0 Å². The minimum atomic E-state index is -0.990. The van der Waals surface area contributed by atoms with Crippen molar-refractivity contribution in [1.82, 2.24) is 4.98 Å². The van der Waals surface area contributed by atoms with Crippen molar-refractivity contribution in [2.75, 3.05) is 7.11 Å². The first-order valence-electron chi connectivity index (χ1n) is 6.35. The number of nitrogens with zero attached hydrogens (tertiary/aromatic N) is 1. The van der Waals surface area contributed by atoms with Gasteiger partial charge in [-0.3, -0.25) is 0 Å². The molecule has 1 heterocycles. The lowest BCUT2D eigenvalue weighted by molar-refractivity contribution is 0.0691. The summed E-state index contributed by atoms with van der Waals surface area (Å²) in [5.41, 5.74) is 2.37. The van der Waals surface area contributed by atoms with Crippen LogP contribution in [-0.2, 0) is 6.42 Å². The first-order chi connectivity index (χ1) is 9.51. The third-order valence-corrected chi connectivity index (χ3v) is 3.93. The molecule has 2 aromatic rings. The number of methoxy groups -OCH3 is 1. The fraction of sp³-hybridized carbons (Fsp3) is 0.333. The van der Waals surface area contributed by atoms with Crippen LogP contribution in [0.4, 0.5) is 0 Å². The predicted molar refractivity (Wildman–Crippen MR) is 79.0 cm³/mol. The Morgan fingerprint density at radius 2 is 2.20 bits per heavy atom. The molecular formula is C15H17NO3S. The van der Waals surface area contributed by atoms with Crippen molar-refractivity contribution in [2.24, 2.45) is 0 Å². The van der Waals surface area contributed by atoms with Gasteiger partial charge in [-0.1, -0.05) is 26.0 Å². The van der Waals surface area contributed by atoms with Crippen LogP contribution in [0.15, 0.2) is 23.6 Å². The molecule has 0 spiro atoms. The predicted octanol–water partition coefficient (Wildman–Crippen LogP) is 3.56. The Hall–Kier alpha value is -1.88. The molecule has 20 heavy (non-hydrogen) atoms. The van der Waals surface area contributed by atoms with Gasteiger partial charge in [0.05, 0.1) is 12.1 Å². The molecule has 1 aromatic heterocycles. The molecule has 0 aliphatic rings. The second-order valence-electron chi connectivity index (χ2n) is 4.83. The van der Waals surface area contributed by atoms with Crippen molar-refractivity contribution in [2.45, 2.75) is 26.2 Å². The van der Waals surface area contributed by atoms with Gasteiger partial charge in [-0.2, -0.15) is 0 Å². The number of ether oxygens (including phenoxy) is 1. The molecule has 106 valence electrons. The second-order valence-corrected chi connectivity index (χ2v) is 5.78. The van der Waals surface area contributed by atoms with Gasteiger partial charge >= 0.3 is 5.97 Å². The van der Waals surface area contributed by atoms with Crippen LogP contribution in [0.2, 0.25) is 0 Å². The number of aromatic carboxylic acids is 1. The van der Waals surface area contributed by atoms with E-state index in [1.807, 2.05) is 6.07 Å². The zero-order valence-electron chi connectivity index (χ0n) is 11.7. The molecule has 0 atom stereocenters. The molecule has 0 bridgehead atoms. The summed E-state index contributed by atoms with van der Waals surface area (Å²) in [6.45, 7) is 4.27. The van der Waals surface area contributed by atoms with Gasteiger partial charge in [-0.25, -0.2) is 9.78 Å². The van der Waals surface area contributed by atoms with Gasteiger partial charge in [0.25, 0.3) is 0 Å². The lowest BCUT2D eigenvalue weighted by Gasteiger charge is -2.11. The first kappa shape index (κ1) is 14.5. The molecular weight excluding hydrogens is 274 g/mol. The van der Waals surface area contributed by atoms with Crippen LogP contribution in [0.5, 0.6) is 5.75 Å². The van der Waals surface area contributed by atoms with Crippen LogP contribution < -0.4 is 4.74 Å². The van der Waals surface area contributed by atoms with Crippen LogP contribution in [0, 0.1) is 0 Å². The molecule has 0 radical (unpaired) electrons. The molecule has 1 aromatic carbocycles. The van der Waals surface area contributed by atoms with E-state index in [9.17, 15) is 4.79 Å². The van der Waals surface area contributed by atoms with Crippen molar-refractivity contribution in [3.63, 3.8) is 0 Å². The van der Waals surface area contributed by atoms with E-state index in [0.717, 1.165) is 16.3 Å². The van der Waals surface area contributed by atoms with Crippen molar-refractivity contribution >= 4 is 17.3 Å². The van der Waals surface area contributed by atoms with Crippen LogP contribution >= 0.6 is 11.3 Å². The molecule has 0 saturated heterocycles. The summed E-state index contributed by atoms with van der Waals surface area (Å²) in [4.78, 5) is 15.0. The standard InChI is InChI=1S/C15H17NO3S/c1-9(2)10-4-5-13(19-3)11(6-10)7-14-16-12(8-20-14)15(17)18/h4-6,8-9H,7H2,1-3H3,(H,17,18). The minimum absolute atomic E-state index is 0.101. The molecule has 4 nitrogen and oxygen atoms in total. The minimum Gasteiger partial charge on any atom is -0.496 e. The maximum absolute atomic E-state index is 10.9. The van der Waals surface area contributed by atoms with E-state index in [1.165, 1.54) is 16.9 Å². The Morgan fingerprint density at radius 3 is 2.75 bits per heavy atom. The van der Waals surface area contributed by atoms with Crippen LogP contribution in [0.1, 0.15) is 46.4 Å². The van der Waals surface area contributed by atoms with Crippen LogP contribution in [-0.4, -0.2) is 23.2 Å². The quantitative estimate of drug-likeness (QED) is 0.915. The molecule has 0 unspecified atom stereocenters. The van der Waals surface area contributed by atoms with Crippen molar-refractivity contribution in [3.05, 3.63) is 45.4 Å². The summed E-state index contributed by atoms with van der Waals surface area (Å²) in [5.74, 6) is 0.252. The van der Waals surface area contributed by atoms with E-state index in [2.05, 4.69) is 31.0 Å². The number of aromatic nitrogens is 1. The summed E-state index contributed by atoms with van der Waals surface area (Å²) >= 11 is 1.36. The number of rotatable bonds is 5. The van der Waals surface area contributed by atoms with E-state index in [0.29, 0.717) is 12.3 Å².